The van der Waals surface area contributed by atoms with Crippen LogP contribution in [-0.4, -0.2) is 25.0 Å². The molecule has 0 amide bonds. The zero-order chi connectivity index (χ0) is 12.1. The highest BCUT2D eigenvalue weighted by Crippen LogP contribution is 2.27. The maximum absolute atomic E-state index is 5.66. The van der Waals surface area contributed by atoms with Crippen LogP contribution in [0.5, 0.6) is 0 Å². The average Bonchev–Trinajstić information content (AvgIpc) is 2.81. The molecule has 1 aliphatic rings. The first-order valence-electron chi connectivity index (χ1n) is 6.33. The number of hydrogen-bond donors (Lipinski definition) is 1. The molecule has 0 saturated carbocycles. The van der Waals surface area contributed by atoms with Crippen LogP contribution in [0.4, 0.5) is 0 Å². The third kappa shape index (κ3) is 3.73. The summed E-state index contributed by atoms with van der Waals surface area (Å²) >= 11 is 1.91. The van der Waals surface area contributed by atoms with Gasteiger partial charge < -0.3 is 10.5 Å². The molecule has 1 aromatic carbocycles. The van der Waals surface area contributed by atoms with Gasteiger partial charge in [-0.25, -0.2) is 0 Å². The molecule has 3 heteroatoms. The van der Waals surface area contributed by atoms with Crippen LogP contribution in [0.25, 0.3) is 0 Å². The van der Waals surface area contributed by atoms with Gasteiger partial charge in [0.1, 0.15) is 0 Å². The zero-order valence-electron chi connectivity index (χ0n) is 10.4. The highest BCUT2D eigenvalue weighted by molar-refractivity contribution is 7.99. The number of benzene rings is 1. The molecule has 0 bridgehead atoms. The Hall–Kier alpha value is -0.510. The van der Waals surface area contributed by atoms with Crippen LogP contribution in [0.2, 0.25) is 0 Å². The molecule has 1 fully saturated rings. The van der Waals surface area contributed by atoms with E-state index in [9.17, 15) is 0 Å². The van der Waals surface area contributed by atoms with Crippen molar-refractivity contribution >= 4 is 11.8 Å². The lowest BCUT2D eigenvalue weighted by molar-refractivity contribution is 0.129. The molecule has 1 saturated heterocycles. The van der Waals surface area contributed by atoms with Crippen LogP contribution in [-0.2, 0) is 11.2 Å². The average molecular weight is 251 g/mol. The fourth-order valence-electron chi connectivity index (χ4n) is 2.16. The molecular formula is C14H21NOS. The Morgan fingerprint density at radius 3 is 3.06 bits per heavy atom. The lowest BCUT2D eigenvalue weighted by atomic mass is 10.1. The summed E-state index contributed by atoms with van der Waals surface area (Å²) < 4.78 is 5.65. The van der Waals surface area contributed by atoms with Gasteiger partial charge in [0.25, 0.3) is 0 Å². The van der Waals surface area contributed by atoms with Gasteiger partial charge in [0.05, 0.1) is 6.10 Å². The topological polar surface area (TPSA) is 35.2 Å². The zero-order valence-corrected chi connectivity index (χ0v) is 11.3. The standard InChI is InChI=1S/C14H21NOS/c1-11-4-5-14(12(9-11)6-7-15)17-10-13-3-2-8-16-13/h4-5,9,13H,2-3,6-8,10,15H2,1H3. The molecule has 1 heterocycles. The fourth-order valence-corrected chi connectivity index (χ4v) is 3.30. The second kappa shape index (κ2) is 6.43. The molecule has 2 N–H and O–H groups in total. The summed E-state index contributed by atoms with van der Waals surface area (Å²) in [6, 6.07) is 6.66. The lowest BCUT2D eigenvalue weighted by Gasteiger charge is -2.12. The molecule has 0 aromatic heterocycles. The molecule has 0 radical (unpaired) electrons. The van der Waals surface area contributed by atoms with Crippen molar-refractivity contribution in [2.45, 2.75) is 37.2 Å². The van der Waals surface area contributed by atoms with E-state index in [0.717, 1.165) is 25.3 Å². The van der Waals surface area contributed by atoms with Crippen molar-refractivity contribution in [3.05, 3.63) is 29.3 Å². The van der Waals surface area contributed by atoms with Crippen molar-refractivity contribution in [3.8, 4) is 0 Å². The van der Waals surface area contributed by atoms with Crippen molar-refractivity contribution in [1.82, 2.24) is 0 Å². The van der Waals surface area contributed by atoms with Crippen molar-refractivity contribution < 1.29 is 4.74 Å². The third-order valence-electron chi connectivity index (χ3n) is 3.08. The lowest BCUT2D eigenvalue weighted by Crippen LogP contribution is -2.09. The first kappa shape index (κ1) is 12.9. The summed E-state index contributed by atoms with van der Waals surface area (Å²) in [7, 11) is 0. The molecular weight excluding hydrogens is 230 g/mol. The molecule has 0 spiro atoms. The minimum absolute atomic E-state index is 0.451. The smallest absolute Gasteiger partial charge is 0.0669 e. The monoisotopic (exact) mass is 251 g/mol. The predicted octanol–water partition coefficient (Wildman–Crippen LogP) is 2.77. The number of nitrogens with two attached hydrogens (primary N) is 1. The van der Waals surface area contributed by atoms with E-state index in [1.54, 1.807) is 0 Å². The fraction of sp³-hybridized carbons (Fsp3) is 0.571. The molecule has 1 aliphatic heterocycles. The molecule has 1 aromatic rings. The molecule has 1 unspecified atom stereocenters. The summed E-state index contributed by atoms with van der Waals surface area (Å²) in [5, 5.41) is 0. The number of hydrogen-bond acceptors (Lipinski definition) is 3. The molecule has 0 aliphatic carbocycles. The van der Waals surface area contributed by atoms with Crippen molar-refractivity contribution in [1.29, 1.82) is 0 Å². The van der Waals surface area contributed by atoms with Crippen LogP contribution in [0.15, 0.2) is 23.1 Å². The van der Waals surface area contributed by atoms with Gasteiger partial charge in [0.15, 0.2) is 0 Å². The Bertz CT molecular complexity index is 361. The maximum Gasteiger partial charge on any atom is 0.0669 e. The molecule has 2 nitrogen and oxygen atoms in total. The van der Waals surface area contributed by atoms with E-state index in [-0.39, 0.29) is 0 Å². The summed E-state index contributed by atoms with van der Waals surface area (Å²) in [5.74, 6) is 1.07. The van der Waals surface area contributed by atoms with E-state index in [1.807, 2.05) is 11.8 Å². The highest BCUT2D eigenvalue weighted by atomic mass is 32.2. The van der Waals surface area contributed by atoms with Crippen LogP contribution in [0.1, 0.15) is 24.0 Å². The number of rotatable bonds is 5. The number of thioether (sulfide) groups is 1. The van der Waals surface area contributed by atoms with E-state index in [4.69, 9.17) is 10.5 Å². The van der Waals surface area contributed by atoms with Gasteiger partial charge in [-0.05, 0) is 44.4 Å². The van der Waals surface area contributed by atoms with Gasteiger partial charge >= 0.3 is 0 Å². The Balaban J connectivity index is 1.98. The van der Waals surface area contributed by atoms with Crippen molar-refractivity contribution in [2.24, 2.45) is 5.73 Å². The Labute approximate surface area is 108 Å². The van der Waals surface area contributed by atoms with E-state index < -0.39 is 0 Å². The minimum Gasteiger partial charge on any atom is -0.377 e. The van der Waals surface area contributed by atoms with Crippen molar-refractivity contribution in [2.75, 3.05) is 18.9 Å². The minimum atomic E-state index is 0.451. The number of aryl methyl sites for hydroxylation is 1. The molecule has 1 atom stereocenters. The van der Waals surface area contributed by atoms with E-state index in [2.05, 4.69) is 25.1 Å². The summed E-state index contributed by atoms with van der Waals surface area (Å²) in [5.41, 5.74) is 8.36. The Morgan fingerprint density at radius 2 is 2.35 bits per heavy atom. The van der Waals surface area contributed by atoms with Gasteiger partial charge in [-0.3, -0.25) is 0 Å². The second-order valence-corrected chi connectivity index (χ2v) is 5.66. The summed E-state index contributed by atoms with van der Waals surface area (Å²) in [6.07, 6.45) is 3.85. The van der Waals surface area contributed by atoms with Crippen LogP contribution in [0, 0.1) is 6.92 Å². The van der Waals surface area contributed by atoms with Crippen molar-refractivity contribution in [3.63, 3.8) is 0 Å². The molecule has 17 heavy (non-hydrogen) atoms. The first-order chi connectivity index (χ1) is 8.29. The van der Waals surface area contributed by atoms with Gasteiger partial charge in [-0.15, -0.1) is 11.8 Å². The van der Waals surface area contributed by atoms with Gasteiger partial charge in [0.2, 0.25) is 0 Å². The summed E-state index contributed by atoms with van der Waals surface area (Å²) in [6.45, 7) is 3.79. The maximum atomic E-state index is 5.66. The van der Waals surface area contributed by atoms with Gasteiger partial charge in [-0.2, -0.15) is 0 Å². The summed E-state index contributed by atoms with van der Waals surface area (Å²) in [4.78, 5) is 1.37. The molecule has 2 rings (SSSR count). The van der Waals surface area contributed by atoms with Crippen LogP contribution < -0.4 is 5.73 Å². The van der Waals surface area contributed by atoms with E-state index in [1.165, 1.54) is 28.9 Å². The third-order valence-corrected chi connectivity index (χ3v) is 4.33. The molecule has 94 valence electrons. The van der Waals surface area contributed by atoms with Gasteiger partial charge in [-0.1, -0.05) is 17.7 Å². The highest BCUT2D eigenvalue weighted by Gasteiger charge is 2.16. The SMILES string of the molecule is Cc1ccc(SCC2CCCO2)c(CCN)c1. The first-order valence-corrected chi connectivity index (χ1v) is 7.32. The van der Waals surface area contributed by atoms with Gasteiger partial charge in [0, 0.05) is 17.3 Å². The van der Waals surface area contributed by atoms with E-state index in [0.29, 0.717) is 6.10 Å². The predicted molar refractivity (Wildman–Crippen MR) is 73.6 cm³/mol. The number of ether oxygens (including phenoxy) is 1. The second-order valence-electron chi connectivity index (χ2n) is 4.60. The Morgan fingerprint density at radius 1 is 1.47 bits per heavy atom. The quantitative estimate of drug-likeness (QED) is 0.817. The van der Waals surface area contributed by atoms with E-state index >= 15 is 0 Å². The van der Waals surface area contributed by atoms with Crippen LogP contribution in [0.3, 0.4) is 0 Å². The normalized spacial score (nSPS) is 19.8. The Kier molecular flexibility index (Phi) is 4.89. The van der Waals surface area contributed by atoms with Crippen LogP contribution >= 0.6 is 11.8 Å². The largest absolute Gasteiger partial charge is 0.377 e.